The molecular formula is C8H12N4O2S. The quantitative estimate of drug-likeness (QED) is 0.366. The highest BCUT2D eigenvalue weighted by molar-refractivity contribution is 7.99. The second-order valence-corrected chi connectivity index (χ2v) is 3.98. The Morgan fingerprint density at radius 2 is 2.20 bits per heavy atom. The molecular weight excluding hydrogens is 216 g/mol. The first-order valence-electron chi connectivity index (χ1n) is 4.43. The van der Waals surface area contributed by atoms with Crippen LogP contribution >= 0.6 is 11.8 Å². The Hall–Kier alpha value is -1.37. The molecule has 0 radical (unpaired) electrons. The van der Waals surface area contributed by atoms with Gasteiger partial charge in [0.15, 0.2) is 5.03 Å². The van der Waals surface area contributed by atoms with E-state index in [1.54, 1.807) is 14.0 Å². The van der Waals surface area contributed by atoms with Gasteiger partial charge in [0.05, 0.1) is 4.92 Å². The summed E-state index contributed by atoms with van der Waals surface area (Å²) >= 11 is 1.34. The fourth-order valence-corrected chi connectivity index (χ4v) is 1.88. The molecule has 0 saturated heterocycles. The molecule has 0 bridgehead atoms. The summed E-state index contributed by atoms with van der Waals surface area (Å²) in [7, 11) is 1.68. The first-order valence-corrected chi connectivity index (χ1v) is 5.42. The van der Waals surface area contributed by atoms with Crippen molar-refractivity contribution in [3.8, 4) is 0 Å². The average molecular weight is 228 g/mol. The third kappa shape index (κ3) is 2.56. The molecule has 15 heavy (non-hydrogen) atoms. The van der Waals surface area contributed by atoms with Crippen LogP contribution in [0.3, 0.4) is 0 Å². The summed E-state index contributed by atoms with van der Waals surface area (Å²) in [5.74, 6) is 1.15. The van der Waals surface area contributed by atoms with Gasteiger partial charge in [0.1, 0.15) is 5.69 Å². The second-order valence-electron chi connectivity index (χ2n) is 2.73. The third-order valence-electron chi connectivity index (χ3n) is 1.71. The van der Waals surface area contributed by atoms with E-state index >= 15 is 0 Å². The van der Waals surface area contributed by atoms with Crippen LogP contribution in [0.25, 0.3) is 0 Å². The summed E-state index contributed by atoms with van der Waals surface area (Å²) < 4.78 is 0. The van der Waals surface area contributed by atoms with E-state index in [2.05, 4.69) is 15.3 Å². The Labute approximate surface area is 91.7 Å². The highest BCUT2D eigenvalue weighted by Gasteiger charge is 2.21. The van der Waals surface area contributed by atoms with Crippen molar-refractivity contribution in [3.63, 3.8) is 0 Å². The van der Waals surface area contributed by atoms with Gasteiger partial charge in [-0.1, -0.05) is 18.7 Å². The Kier molecular flexibility index (Phi) is 3.84. The van der Waals surface area contributed by atoms with Crippen LogP contribution in [0.4, 0.5) is 11.6 Å². The largest absolute Gasteiger partial charge is 0.357 e. The van der Waals surface area contributed by atoms with Crippen LogP contribution in [-0.4, -0.2) is 27.7 Å². The van der Waals surface area contributed by atoms with E-state index < -0.39 is 4.92 Å². The molecule has 1 aromatic rings. The van der Waals surface area contributed by atoms with Crippen LogP contribution in [0, 0.1) is 17.0 Å². The molecule has 1 aromatic heterocycles. The Morgan fingerprint density at radius 1 is 1.53 bits per heavy atom. The number of aromatic nitrogens is 2. The maximum absolute atomic E-state index is 10.8. The number of rotatable bonds is 4. The SMILES string of the molecule is CCSc1nc(NC)nc(C)c1[N+](=O)[O-]. The number of aryl methyl sites for hydroxylation is 1. The maximum atomic E-state index is 10.8. The predicted molar refractivity (Wildman–Crippen MR) is 59.4 cm³/mol. The lowest BCUT2D eigenvalue weighted by atomic mass is 10.4. The smallest absolute Gasteiger partial charge is 0.322 e. The number of nitro groups is 1. The highest BCUT2D eigenvalue weighted by atomic mass is 32.2. The minimum absolute atomic E-state index is 0.000787. The van der Waals surface area contributed by atoms with Gasteiger partial charge in [-0.2, -0.15) is 4.98 Å². The second kappa shape index (κ2) is 4.92. The maximum Gasteiger partial charge on any atom is 0.322 e. The highest BCUT2D eigenvalue weighted by Crippen LogP contribution is 2.29. The van der Waals surface area contributed by atoms with E-state index in [9.17, 15) is 10.1 Å². The topological polar surface area (TPSA) is 81.0 Å². The van der Waals surface area contributed by atoms with E-state index in [4.69, 9.17) is 0 Å². The lowest BCUT2D eigenvalue weighted by Crippen LogP contribution is -2.04. The number of hydrogen-bond acceptors (Lipinski definition) is 6. The molecule has 1 heterocycles. The lowest BCUT2D eigenvalue weighted by molar-refractivity contribution is -0.389. The van der Waals surface area contributed by atoms with Gasteiger partial charge >= 0.3 is 5.69 Å². The van der Waals surface area contributed by atoms with E-state index in [-0.39, 0.29) is 5.69 Å². The first-order chi connectivity index (χ1) is 7.10. The van der Waals surface area contributed by atoms with Gasteiger partial charge in [0, 0.05) is 7.05 Å². The van der Waals surface area contributed by atoms with Crippen molar-refractivity contribution in [1.82, 2.24) is 9.97 Å². The molecule has 0 fully saturated rings. The molecule has 1 N–H and O–H groups in total. The number of thioether (sulfide) groups is 1. The van der Waals surface area contributed by atoms with E-state index in [0.717, 1.165) is 5.75 Å². The monoisotopic (exact) mass is 228 g/mol. The molecule has 0 aliphatic carbocycles. The summed E-state index contributed by atoms with van der Waals surface area (Å²) in [4.78, 5) is 18.4. The van der Waals surface area contributed by atoms with Gasteiger partial charge in [0.25, 0.3) is 0 Å². The molecule has 0 atom stereocenters. The van der Waals surface area contributed by atoms with Crippen LogP contribution in [0.5, 0.6) is 0 Å². The van der Waals surface area contributed by atoms with Crippen LogP contribution in [0.1, 0.15) is 12.6 Å². The number of nitrogens with one attached hydrogen (secondary N) is 1. The van der Waals surface area contributed by atoms with E-state index in [1.165, 1.54) is 11.8 Å². The summed E-state index contributed by atoms with van der Waals surface area (Å²) in [5, 5.41) is 14.0. The predicted octanol–water partition coefficient (Wildman–Crippen LogP) is 1.85. The van der Waals surface area contributed by atoms with Gasteiger partial charge in [-0.3, -0.25) is 10.1 Å². The van der Waals surface area contributed by atoms with Crippen LogP contribution in [0.2, 0.25) is 0 Å². The van der Waals surface area contributed by atoms with Gasteiger partial charge < -0.3 is 5.32 Å². The van der Waals surface area contributed by atoms with Crippen LogP contribution in [-0.2, 0) is 0 Å². The fraction of sp³-hybridized carbons (Fsp3) is 0.500. The Morgan fingerprint density at radius 3 is 2.67 bits per heavy atom. The fourth-order valence-electron chi connectivity index (χ4n) is 1.10. The molecule has 0 spiro atoms. The van der Waals surface area contributed by atoms with Crippen molar-refractivity contribution in [2.75, 3.05) is 18.1 Å². The van der Waals surface area contributed by atoms with Gasteiger partial charge in [0.2, 0.25) is 5.95 Å². The zero-order valence-corrected chi connectivity index (χ0v) is 9.59. The van der Waals surface area contributed by atoms with Gasteiger partial charge in [-0.05, 0) is 12.7 Å². The zero-order chi connectivity index (χ0) is 11.4. The standard InChI is InChI=1S/C8H12N4O2S/c1-4-15-7-6(12(13)14)5(2)10-8(9-3)11-7/h4H2,1-3H3,(H,9,10,11). The van der Waals surface area contributed by atoms with Crippen molar-refractivity contribution < 1.29 is 4.92 Å². The molecule has 0 amide bonds. The van der Waals surface area contributed by atoms with Crippen molar-refractivity contribution in [3.05, 3.63) is 15.8 Å². The minimum atomic E-state index is -0.438. The minimum Gasteiger partial charge on any atom is -0.357 e. The molecule has 82 valence electrons. The average Bonchev–Trinajstić information content (AvgIpc) is 2.16. The molecule has 0 aliphatic heterocycles. The summed E-state index contributed by atoms with van der Waals surface area (Å²) in [6.07, 6.45) is 0. The van der Waals surface area contributed by atoms with Crippen molar-refractivity contribution in [2.24, 2.45) is 0 Å². The molecule has 0 aliphatic rings. The van der Waals surface area contributed by atoms with Gasteiger partial charge in [-0.15, -0.1) is 0 Å². The molecule has 7 heteroatoms. The van der Waals surface area contributed by atoms with Crippen molar-refractivity contribution in [2.45, 2.75) is 18.9 Å². The zero-order valence-electron chi connectivity index (χ0n) is 8.77. The molecule has 0 aromatic carbocycles. The lowest BCUT2D eigenvalue weighted by Gasteiger charge is -2.05. The van der Waals surface area contributed by atoms with E-state index in [0.29, 0.717) is 16.7 Å². The third-order valence-corrected chi connectivity index (χ3v) is 2.56. The number of anilines is 1. The molecule has 0 unspecified atom stereocenters. The van der Waals surface area contributed by atoms with E-state index in [1.807, 2.05) is 6.92 Å². The molecule has 0 saturated carbocycles. The first kappa shape index (κ1) is 11.7. The summed E-state index contributed by atoms with van der Waals surface area (Å²) in [5.41, 5.74) is 0.385. The van der Waals surface area contributed by atoms with Crippen molar-refractivity contribution in [1.29, 1.82) is 0 Å². The van der Waals surface area contributed by atoms with Crippen molar-refractivity contribution >= 4 is 23.4 Å². The molecule has 1 rings (SSSR count). The van der Waals surface area contributed by atoms with Gasteiger partial charge in [-0.25, -0.2) is 4.98 Å². The van der Waals surface area contributed by atoms with Crippen LogP contribution in [0.15, 0.2) is 5.03 Å². The molecule has 6 nitrogen and oxygen atoms in total. The Bertz CT molecular complexity index is 383. The van der Waals surface area contributed by atoms with Crippen LogP contribution < -0.4 is 5.32 Å². The Balaban J connectivity index is 3.28. The summed E-state index contributed by atoms with van der Waals surface area (Å²) in [6, 6.07) is 0. The number of nitrogens with zero attached hydrogens (tertiary/aromatic N) is 3. The summed E-state index contributed by atoms with van der Waals surface area (Å²) in [6.45, 7) is 3.53. The normalized spacial score (nSPS) is 10.1. The number of hydrogen-bond donors (Lipinski definition) is 1.